The van der Waals surface area contributed by atoms with Crippen molar-refractivity contribution in [2.45, 2.75) is 39.3 Å². The Morgan fingerprint density at radius 2 is 2.25 bits per heavy atom. The van der Waals surface area contributed by atoms with Gasteiger partial charge in [-0.15, -0.1) is 12.4 Å². The molecule has 20 heavy (non-hydrogen) atoms. The Labute approximate surface area is 125 Å². The number of aryl methyl sites for hydroxylation is 2. The van der Waals surface area contributed by atoms with E-state index in [4.69, 9.17) is 9.26 Å². The van der Waals surface area contributed by atoms with Crippen molar-refractivity contribution in [3.8, 4) is 0 Å². The fraction of sp³-hybridized carbons (Fsp3) is 0.692. The highest BCUT2D eigenvalue weighted by molar-refractivity contribution is 5.85. The van der Waals surface area contributed by atoms with Gasteiger partial charge in [0.05, 0.1) is 12.3 Å². The van der Waals surface area contributed by atoms with Crippen molar-refractivity contribution in [1.82, 2.24) is 15.8 Å². The van der Waals surface area contributed by atoms with Gasteiger partial charge < -0.3 is 19.9 Å². The Hall–Kier alpha value is -1.11. The number of ether oxygens (including phenoxy) is 1. The Balaban J connectivity index is 0.00000200. The van der Waals surface area contributed by atoms with Gasteiger partial charge in [0.25, 0.3) is 5.91 Å². The monoisotopic (exact) mass is 303 g/mol. The van der Waals surface area contributed by atoms with Gasteiger partial charge in [0.2, 0.25) is 0 Å². The van der Waals surface area contributed by atoms with E-state index in [0.717, 1.165) is 36.4 Å². The number of amides is 1. The van der Waals surface area contributed by atoms with E-state index < -0.39 is 6.10 Å². The number of hydrogen-bond acceptors (Lipinski definition) is 5. The van der Waals surface area contributed by atoms with Gasteiger partial charge in [0.1, 0.15) is 11.9 Å². The molecule has 1 atom stereocenters. The normalized spacial score (nSPS) is 18.4. The van der Waals surface area contributed by atoms with Crippen LogP contribution >= 0.6 is 12.4 Å². The van der Waals surface area contributed by atoms with Crippen LogP contribution in [0.2, 0.25) is 0 Å². The number of halogens is 1. The van der Waals surface area contributed by atoms with Gasteiger partial charge in [-0.1, -0.05) is 19.0 Å². The molecule has 6 nitrogen and oxygen atoms in total. The van der Waals surface area contributed by atoms with Gasteiger partial charge >= 0.3 is 0 Å². The first-order valence-electron chi connectivity index (χ1n) is 6.82. The zero-order valence-corrected chi connectivity index (χ0v) is 12.7. The molecule has 0 saturated carbocycles. The minimum absolute atomic E-state index is 0. The van der Waals surface area contributed by atoms with E-state index in [2.05, 4.69) is 15.8 Å². The number of carbonyl (C=O) groups excluding carboxylic acids is 1. The standard InChI is InChI=1S/C13H21N3O3.ClH/c1-3-10-9(11(4-2)19-16-10)7-15-13(17)12-8-14-5-6-18-12;/h12,14H,3-8H2,1-2H3,(H,15,17);1H. The van der Waals surface area contributed by atoms with E-state index in [1.54, 1.807) is 0 Å². The molecule has 0 bridgehead atoms. The average molecular weight is 304 g/mol. The second kappa shape index (κ2) is 8.24. The van der Waals surface area contributed by atoms with Crippen molar-refractivity contribution in [3.63, 3.8) is 0 Å². The summed E-state index contributed by atoms with van der Waals surface area (Å²) in [6.45, 7) is 6.43. The smallest absolute Gasteiger partial charge is 0.250 e. The molecule has 1 aliphatic rings. The van der Waals surface area contributed by atoms with Gasteiger partial charge in [-0.3, -0.25) is 4.79 Å². The van der Waals surface area contributed by atoms with Crippen molar-refractivity contribution in [2.75, 3.05) is 19.7 Å². The number of nitrogens with one attached hydrogen (secondary N) is 2. The van der Waals surface area contributed by atoms with Crippen molar-refractivity contribution in [3.05, 3.63) is 17.0 Å². The maximum Gasteiger partial charge on any atom is 0.250 e. The fourth-order valence-electron chi connectivity index (χ4n) is 2.16. The van der Waals surface area contributed by atoms with E-state index >= 15 is 0 Å². The minimum Gasteiger partial charge on any atom is -0.366 e. The van der Waals surface area contributed by atoms with Crippen LogP contribution in [-0.2, 0) is 28.9 Å². The number of rotatable bonds is 5. The second-order valence-corrected chi connectivity index (χ2v) is 4.52. The number of nitrogens with zero attached hydrogens (tertiary/aromatic N) is 1. The number of aromatic nitrogens is 1. The van der Waals surface area contributed by atoms with Crippen molar-refractivity contribution in [2.24, 2.45) is 0 Å². The Morgan fingerprint density at radius 3 is 2.85 bits per heavy atom. The summed E-state index contributed by atoms with van der Waals surface area (Å²) in [6, 6.07) is 0. The summed E-state index contributed by atoms with van der Waals surface area (Å²) in [6.07, 6.45) is 1.18. The molecule has 1 fully saturated rings. The lowest BCUT2D eigenvalue weighted by Crippen LogP contribution is -2.47. The molecule has 1 saturated heterocycles. The Morgan fingerprint density at radius 1 is 1.45 bits per heavy atom. The fourth-order valence-corrected chi connectivity index (χ4v) is 2.16. The van der Waals surface area contributed by atoms with Gasteiger partial charge in [-0.05, 0) is 6.42 Å². The van der Waals surface area contributed by atoms with Gasteiger partial charge in [0, 0.05) is 31.6 Å². The highest BCUT2D eigenvalue weighted by Gasteiger charge is 2.22. The maximum atomic E-state index is 12.0. The zero-order chi connectivity index (χ0) is 13.7. The molecule has 0 radical (unpaired) electrons. The molecular formula is C13H22ClN3O3. The number of morpholine rings is 1. The quantitative estimate of drug-likeness (QED) is 0.842. The summed E-state index contributed by atoms with van der Waals surface area (Å²) in [7, 11) is 0. The Kier molecular flexibility index (Phi) is 6.98. The maximum absolute atomic E-state index is 12.0. The average Bonchev–Trinajstić information content (AvgIpc) is 2.87. The zero-order valence-electron chi connectivity index (χ0n) is 11.9. The first kappa shape index (κ1) is 16.9. The predicted molar refractivity (Wildman–Crippen MR) is 77.0 cm³/mol. The minimum atomic E-state index is -0.399. The lowest BCUT2D eigenvalue weighted by molar-refractivity contribution is -0.134. The highest BCUT2D eigenvalue weighted by atomic mass is 35.5. The summed E-state index contributed by atoms with van der Waals surface area (Å²) in [5, 5.41) is 10.1. The molecule has 2 heterocycles. The highest BCUT2D eigenvalue weighted by Crippen LogP contribution is 2.15. The van der Waals surface area contributed by atoms with E-state index in [9.17, 15) is 4.79 Å². The summed E-state index contributed by atoms with van der Waals surface area (Å²) in [5.41, 5.74) is 1.92. The largest absolute Gasteiger partial charge is 0.366 e. The third-order valence-electron chi connectivity index (χ3n) is 3.27. The molecule has 114 valence electrons. The molecule has 7 heteroatoms. The van der Waals surface area contributed by atoms with E-state index in [-0.39, 0.29) is 18.3 Å². The number of carbonyl (C=O) groups is 1. The molecule has 1 unspecified atom stereocenters. The van der Waals surface area contributed by atoms with Crippen LogP contribution in [0.3, 0.4) is 0 Å². The molecule has 0 spiro atoms. The summed E-state index contributed by atoms with van der Waals surface area (Å²) in [4.78, 5) is 12.0. The molecule has 1 aromatic rings. The second-order valence-electron chi connectivity index (χ2n) is 4.52. The lowest BCUT2D eigenvalue weighted by atomic mass is 10.1. The van der Waals surface area contributed by atoms with Crippen LogP contribution < -0.4 is 10.6 Å². The third-order valence-corrected chi connectivity index (χ3v) is 3.27. The van der Waals surface area contributed by atoms with Crippen molar-refractivity contribution < 1.29 is 14.1 Å². The summed E-state index contributed by atoms with van der Waals surface area (Å²) in [5.74, 6) is 0.761. The van der Waals surface area contributed by atoms with Crippen LogP contribution in [0, 0.1) is 0 Å². The Bertz CT molecular complexity index is 409. The molecule has 1 amide bonds. The van der Waals surface area contributed by atoms with Crippen LogP contribution in [0.4, 0.5) is 0 Å². The first-order valence-corrected chi connectivity index (χ1v) is 6.82. The molecule has 1 aromatic heterocycles. The van der Waals surface area contributed by atoms with Gasteiger partial charge in [-0.25, -0.2) is 0 Å². The summed E-state index contributed by atoms with van der Waals surface area (Å²) >= 11 is 0. The predicted octanol–water partition coefficient (Wildman–Crippen LogP) is 0.826. The topological polar surface area (TPSA) is 76.4 Å². The van der Waals surface area contributed by atoms with Crippen LogP contribution in [0.5, 0.6) is 0 Å². The van der Waals surface area contributed by atoms with Crippen LogP contribution in [0.25, 0.3) is 0 Å². The van der Waals surface area contributed by atoms with E-state index in [1.807, 2.05) is 13.8 Å². The van der Waals surface area contributed by atoms with E-state index in [1.165, 1.54) is 0 Å². The van der Waals surface area contributed by atoms with E-state index in [0.29, 0.717) is 19.7 Å². The number of hydrogen-bond donors (Lipinski definition) is 2. The van der Waals surface area contributed by atoms with Gasteiger partial charge in [0.15, 0.2) is 0 Å². The van der Waals surface area contributed by atoms with Crippen LogP contribution in [0.15, 0.2) is 4.52 Å². The molecule has 2 N–H and O–H groups in total. The van der Waals surface area contributed by atoms with Crippen LogP contribution in [0.1, 0.15) is 30.9 Å². The molecule has 2 rings (SSSR count). The third kappa shape index (κ3) is 3.94. The summed E-state index contributed by atoms with van der Waals surface area (Å²) < 4.78 is 10.7. The van der Waals surface area contributed by atoms with Crippen molar-refractivity contribution >= 4 is 18.3 Å². The first-order chi connectivity index (χ1) is 9.26. The lowest BCUT2D eigenvalue weighted by Gasteiger charge is -2.22. The van der Waals surface area contributed by atoms with Gasteiger partial charge in [-0.2, -0.15) is 0 Å². The van der Waals surface area contributed by atoms with Crippen molar-refractivity contribution in [1.29, 1.82) is 0 Å². The molecule has 1 aliphatic heterocycles. The van der Waals surface area contributed by atoms with Crippen LogP contribution in [-0.4, -0.2) is 36.9 Å². The molecule has 0 aliphatic carbocycles. The molecule has 0 aromatic carbocycles. The molecular weight excluding hydrogens is 282 g/mol. The SMILES string of the molecule is CCc1noc(CC)c1CNC(=O)C1CNCCO1.Cl.